The van der Waals surface area contributed by atoms with Gasteiger partial charge in [-0.25, -0.2) is 0 Å². The first-order chi connectivity index (χ1) is 7.27. The summed E-state index contributed by atoms with van der Waals surface area (Å²) in [6, 6.07) is 11.6. The molecule has 1 heterocycles. The van der Waals surface area contributed by atoms with Crippen molar-refractivity contribution < 1.29 is 4.57 Å². The SMILES string of the molecule is N#CC1CCCSP1(=O)c1ccccc1. The quantitative estimate of drug-likeness (QED) is 0.705. The predicted octanol–water partition coefficient (Wildman–Crippen LogP) is 3.01. The van der Waals surface area contributed by atoms with Crippen molar-refractivity contribution in [1.82, 2.24) is 0 Å². The number of nitrogens with zero attached hydrogens (tertiary/aromatic N) is 1. The van der Waals surface area contributed by atoms with Crippen LogP contribution in [-0.2, 0) is 4.57 Å². The predicted molar refractivity (Wildman–Crippen MR) is 64.8 cm³/mol. The van der Waals surface area contributed by atoms with E-state index in [2.05, 4.69) is 6.07 Å². The van der Waals surface area contributed by atoms with Crippen molar-refractivity contribution in [2.75, 3.05) is 5.75 Å². The Morgan fingerprint density at radius 3 is 2.80 bits per heavy atom. The van der Waals surface area contributed by atoms with E-state index < -0.39 is 6.34 Å². The summed E-state index contributed by atoms with van der Waals surface area (Å²) >= 11 is 1.48. The van der Waals surface area contributed by atoms with Crippen LogP contribution in [0.1, 0.15) is 12.8 Å². The number of benzene rings is 1. The minimum Gasteiger partial charge on any atom is -0.306 e. The van der Waals surface area contributed by atoms with Gasteiger partial charge in [-0.1, -0.05) is 41.7 Å². The minimum atomic E-state index is -2.52. The summed E-state index contributed by atoms with van der Waals surface area (Å²) < 4.78 is 12.7. The van der Waals surface area contributed by atoms with Crippen molar-refractivity contribution in [2.24, 2.45) is 0 Å². The van der Waals surface area contributed by atoms with Crippen molar-refractivity contribution in [2.45, 2.75) is 18.5 Å². The zero-order valence-electron chi connectivity index (χ0n) is 8.30. The van der Waals surface area contributed by atoms with E-state index in [1.807, 2.05) is 30.3 Å². The molecule has 0 bridgehead atoms. The highest BCUT2D eigenvalue weighted by atomic mass is 32.7. The maximum atomic E-state index is 12.7. The van der Waals surface area contributed by atoms with Crippen LogP contribution in [0.5, 0.6) is 0 Å². The standard InChI is InChI=1S/C11H12NOPS/c12-9-11-7-4-8-15-14(11,13)10-5-2-1-3-6-10/h1-3,5-6,11H,4,7-8H2. The molecule has 0 saturated carbocycles. The van der Waals surface area contributed by atoms with E-state index in [0.717, 1.165) is 23.9 Å². The van der Waals surface area contributed by atoms with Crippen LogP contribution in [0.15, 0.2) is 30.3 Å². The lowest BCUT2D eigenvalue weighted by Gasteiger charge is -2.26. The maximum Gasteiger partial charge on any atom is 0.183 e. The van der Waals surface area contributed by atoms with Crippen molar-refractivity contribution >= 4 is 23.0 Å². The molecule has 2 rings (SSSR count). The molecule has 1 saturated heterocycles. The van der Waals surface area contributed by atoms with Crippen molar-refractivity contribution in [3.63, 3.8) is 0 Å². The Morgan fingerprint density at radius 2 is 2.13 bits per heavy atom. The van der Waals surface area contributed by atoms with E-state index in [1.165, 1.54) is 11.4 Å². The fourth-order valence-corrected chi connectivity index (χ4v) is 7.30. The monoisotopic (exact) mass is 237 g/mol. The van der Waals surface area contributed by atoms with Crippen LogP contribution in [0.2, 0.25) is 0 Å². The summed E-state index contributed by atoms with van der Waals surface area (Å²) in [5.74, 6) is 0.907. The number of rotatable bonds is 1. The fraction of sp³-hybridized carbons (Fsp3) is 0.364. The van der Waals surface area contributed by atoms with Gasteiger partial charge in [-0.2, -0.15) is 5.26 Å². The molecule has 15 heavy (non-hydrogen) atoms. The highest BCUT2D eigenvalue weighted by molar-refractivity contribution is 8.60. The Kier molecular flexibility index (Phi) is 3.19. The second-order valence-corrected chi connectivity index (χ2v) is 8.96. The molecule has 78 valence electrons. The van der Waals surface area contributed by atoms with Crippen LogP contribution in [0.25, 0.3) is 0 Å². The van der Waals surface area contributed by atoms with E-state index in [4.69, 9.17) is 5.26 Å². The van der Waals surface area contributed by atoms with Gasteiger partial charge >= 0.3 is 0 Å². The molecule has 0 spiro atoms. The molecule has 0 aromatic heterocycles. The highest BCUT2D eigenvalue weighted by Gasteiger charge is 2.37. The van der Waals surface area contributed by atoms with Gasteiger partial charge in [0.15, 0.2) is 6.34 Å². The molecule has 4 heteroatoms. The van der Waals surface area contributed by atoms with Gasteiger partial charge in [-0.15, -0.1) is 0 Å². The third kappa shape index (κ3) is 1.97. The molecular formula is C11H12NOPS. The lowest BCUT2D eigenvalue weighted by Crippen LogP contribution is -2.18. The van der Waals surface area contributed by atoms with Gasteiger partial charge in [0.1, 0.15) is 5.66 Å². The fourth-order valence-electron chi connectivity index (χ4n) is 1.77. The molecule has 2 atom stereocenters. The van der Waals surface area contributed by atoms with E-state index in [0.29, 0.717) is 0 Å². The molecule has 2 unspecified atom stereocenters. The molecular weight excluding hydrogens is 225 g/mol. The van der Waals surface area contributed by atoms with Crippen LogP contribution in [0, 0.1) is 11.3 Å². The Morgan fingerprint density at radius 1 is 1.40 bits per heavy atom. The van der Waals surface area contributed by atoms with E-state index in [-0.39, 0.29) is 5.66 Å². The van der Waals surface area contributed by atoms with E-state index >= 15 is 0 Å². The third-order valence-corrected chi connectivity index (χ3v) is 8.74. The Bertz CT molecular complexity index is 426. The second kappa shape index (κ2) is 4.43. The van der Waals surface area contributed by atoms with Gasteiger partial charge in [0, 0.05) is 11.1 Å². The molecule has 1 aliphatic rings. The van der Waals surface area contributed by atoms with Crippen molar-refractivity contribution in [1.29, 1.82) is 5.26 Å². The molecule has 1 fully saturated rings. The summed E-state index contributed by atoms with van der Waals surface area (Å²) in [4.78, 5) is 0. The normalized spacial score (nSPS) is 30.7. The van der Waals surface area contributed by atoms with Crippen molar-refractivity contribution in [3.05, 3.63) is 30.3 Å². The lowest BCUT2D eigenvalue weighted by molar-refractivity contribution is 0.582. The smallest absolute Gasteiger partial charge is 0.183 e. The summed E-state index contributed by atoms with van der Waals surface area (Å²) in [7, 11) is 0. The molecule has 0 amide bonds. The molecule has 1 aliphatic heterocycles. The Hall–Kier alpha value is -0.710. The summed E-state index contributed by atoms with van der Waals surface area (Å²) in [5, 5.41) is 9.90. The largest absolute Gasteiger partial charge is 0.306 e. The summed E-state index contributed by atoms with van der Waals surface area (Å²) in [5.41, 5.74) is -0.293. The first-order valence-corrected chi connectivity index (χ1v) is 8.33. The number of hydrogen-bond donors (Lipinski definition) is 0. The second-order valence-electron chi connectivity index (χ2n) is 3.55. The molecule has 0 N–H and O–H groups in total. The topological polar surface area (TPSA) is 40.9 Å². The van der Waals surface area contributed by atoms with Gasteiger partial charge in [0.2, 0.25) is 0 Å². The van der Waals surface area contributed by atoms with E-state index in [1.54, 1.807) is 0 Å². The third-order valence-electron chi connectivity index (χ3n) is 2.58. The minimum absolute atomic E-state index is 0.293. The van der Waals surface area contributed by atoms with Gasteiger partial charge in [0.25, 0.3) is 0 Å². The average molecular weight is 237 g/mol. The van der Waals surface area contributed by atoms with Gasteiger partial charge < -0.3 is 4.57 Å². The molecule has 0 aliphatic carbocycles. The van der Waals surface area contributed by atoms with Crippen LogP contribution >= 0.6 is 17.7 Å². The maximum absolute atomic E-state index is 12.7. The first-order valence-electron chi connectivity index (χ1n) is 4.97. The van der Waals surface area contributed by atoms with Crippen LogP contribution in [0.3, 0.4) is 0 Å². The Balaban J connectivity index is 2.40. The summed E-state index contributed by atoms with van der Waals surface area (Å²) in [6.45, 7) is 0. The zero-order valence-corrected chi connectivity index (χ0v) is 10.0. The zero-order chi connectivity index (χ0) is 10.7. The van der Waals surface area contributed by atoms with Gasteiger partial charge in [-0.05, 0) is 12.8 Å². The first kappa shape index (κ1) is 10.8. The van der Waals surface area contributed by atoms with Crippen LogP contribution < -0.4 is 5.30 Å². The number of hydrogen-bond acceptors (Lipinski definition) is 3. The van der Waals surface area contributed by atoms with Gasteiger partial charge in [-0.3, -0.25) is 0 Å². The molecule has 2 nitrogen and oxygen atoms in total. The van der Waals surface area contributed by atoms with Gasteiger partial charge in [0.05, 0.1) is 6.07 Å². The molecule has 0 radical (unpaired) electrons. The average Bonchev–Trinajstić information content (AvgIpc) is 2.31. The number of nitriles is 1. The van der Waals surface area contributed by atoms with Crippen LogP contribution in [-0.4, -0.2) is 11.4 Å². The van der Waals surface area contributed by atoms with E-state index in [9.17, 15) is 4.57 Å². The lowest BCUT2D eigenvalue weighted by atomic mass is 10.3. The highest BCUT2D eigenvalue weighted by Crippen LogP contribution is 2.64. The Labute approximate surface area is 93.8 Å². The van der Waals surface area contributed by atoms with Crippen LogP contribution in [0.4, 0.5) is 0 Å². The summed E-state index contributed by atoms with van der Waals surface area (Å²) in [6.07, 6.45) is -0.747. The molecule has 1 aromatic carbocycles. The van der Waals surface area contributed by atoms with Crippen molar-refractivity contribution in [3.8, 4) is 6.07 Å². The molecule has 1 aromatic rings.